The lowest BCUT2D eigenvalue weighted by atomic mass is 9.99. The van der Waals surface area contributed by atoms with Crippen LogP contribution in [0.2, 0.25) is 0 Å². The standard InChI is InChI=1S/C15H22N2O4S/c1-16(15(18)10-17(2)22(3,19)20)9-14-8-12-6-4-5-7-13(12)11-21-14/h4-7,14H,8-11H2,1-3H3/t14-/m0/s1. The third-order valence-corrected chi connectivity index (χ3v) is 5.13. The van der Waals surface area contributed by atoms with E-state index in [0.29, 0.717) is 13.2 Å². The molecule has 2 rings (SSSR count). The highest BCUT2D eigenvalue weighted by atomic mass is 32.2. The van der Waals surface area contributed by atoms with Gasteiger partial charge in [0, 0.05) is 27.1 Å². The van der Waals surface area contributed by atoms with Crippen LogP contribution in [0.5, 0.6) is 0 Å². The first kappa shape index (κ1) is 16.9. The van der Waals surface area contributed by atoms with Crippen LogP contribution in [0.15, 0.2) is 24.3 Å². The van der Waals surface area contributed by atoms with Crippen molar-refractivity contribution in [3.8, 4) is 0 Å². The van der Waals surface area contributed by atoms with E-state index in [0.717, 1.165) is 17.0 Å². The number of nitrogens with zero attached hydrogens (tertiary/aromatic N) is 2. The second kappa shape index (κ2) is 6.76. The molecule has 1 aromatic carbocycles. The van der Waals surface area contributed by atoms with Gasteiger partial charge in [0.2, 0.25) is 15.9 Å². The van der Waals surface area contributed by atoms with Gasteiger partial charge in [0.05, 0.1) is 25.5 Å². The smallest absolute Gasteiger partial charge is 0.237 e. The highest BCUT2D eigenvalue weighted by Gasteiger charge is 2.23. The Labute approximate surface area is 131 Å². The number of benzene rings is 1. The molecule has 1 aromatic rings. The Balaban J connectivity index is 1.90. The molecule has 1 aliphatic heterocycles. The Hall–Kier alpha value is -1.44. The van der Waals surface area contributed by atoms with Crippen LogP contribution in [-0.2, 0) is 32.6 Å². The number of carbonyl (C=O) groups is 1. The Kier molecular flexibility index (Phi) is 5.20. The molecule has 1 atom stereocenters. The molecule has 0 spiro atoms. The topological polar surface area (TPSA) is 66.9 Å². The summed E-state index contributed by atoms with van der Waals surface area (Å²) in [6.07, 6.45) is 1.78. The molecule has 0 bridgehead atoms. The summed E-state index contributed by atoms with van der Waals surface area (Å²) in [6.45, 7) is 0.843. The van der Waals surface area contributed by atoms with Gasteiger partial charge in [-0.1, -0.05) is 24.3 Å². The first-order chi connectivity index (χ1) is 10.3. The van der Waals surface area contributed by atoms with Crippen molar-refractivity contribution in [2.45, 2.75) is 19.1 Å². The monoisotopic (exact) mass is 326 g/mol. The van der Waals surface area contributed by atoms with E-state index in [9.17, 15) is 13.2 Å². The number of amides is 1. The number of carbonyl (C=O) groups excluding carboxylic acids is 1. The lowest BCUT2D eigenvalue weighted by molar-refractivity contribution is -0.132. The van der Waals surface area contributed by atoms with Gasteiger partial charge in [-0.05, 0) is 11.1 Å². The number of sulfonamides is 1. The van der Waals surface area contributed by atoms with Crippen molar-refractivity contribution in [2.24, 2.45) is 0 Å². The second-order valence-corrected chi connectivity index (χ2v) is 7.79. The van der Waals surface area contributed by atoms with Crippen LogP contribution in [0.25, 0.3) is 0 Å². The summed E-state index contributed by atoms with van der Waals surface area (Å²) in [4.78, 5) is 13.6. The largest absolute Gasteiger partial charge is 0.371 e. The fourth-order valence-corrected chi connectivity index (χ4v) is 2.71. The predicted molar refractivity (Wildman–Crippen MR) is 83.8 cm³/mol. The predicted octanol–water partition coefficient (Wildman–Crippen LogP) is 0.478. The highest BCUT2D eigenvalue weighted by molar-refractivity contribution is 7.88. The molecule has 0 fully saturated rings. The third-order valence-electron chi connectivity index (χ3n) is 3.87. The summed E-state index contributed by atoms with van der Waals surface area (Å²) in [7, 11) is -0.284. The van der Waals surface area contributed by atoms with Crippen molar-refractivity contribution in [3.63, 3.8) is 0 Å². The van der Waals surface area contributed by atoms with Gasteiger partial charge in [-0.3, -0.25) is 4.79 Å². The maximum atomic E-state index is 12.1. The van der Waals surface area contributed by atoms with Crippen molar-refractivity contribution >= 4 is 15.9 Å². The van der Waals surface area contributed by atoms with Gasteiger partial charge in [-0.2, -0.15) is 4.31 Å². The summed E-state index contributed by atoms with van der Waals surface area (Å²) < 4.78 is 29.5. The van der Waals surface area contributed by atoms with Crippen molar-refractivity contribution < 1.29 is 17.9 Å². The van der Waals surface area contributed by atoms with E-state index >= 15 is 0 Å². The van der Waals surface area contributed by atoms with Crippen molar-refractivity contribution in [1.29, 1.82) is 0 Å². The Bertz CT molecular complexity index is 645. The first-order valence-corrected chi connectivity index (χ1v) is 8.96. The summed E-state index contributed by atoms with van der Waals surface area (Å²) in [5, 5.41) is 0. The molecule has 0 aliphatic carbocycles. The van der Waals surface area contributed by atoms with E-state index in [1.165, 1.54) is 23.1 Å². The number of fused-ring (bicyclic) bond motifs is 1. The SMILES string of the molecule is CN(C[C@@H]1Cc2ccccc2CO1)C(=O)CN(C)S(C)(=O)=O. The first-order valence-electron chi connectivity index (χ1n) is 7.11. The van der Waals surface area contributed by atoms with Crippen LogP contribution in [0.4, 0.5) is 0 Å². The molecular formula is C15H22N2O4S. The molecule has 0 N–H and O–H groups in total. The zero-order chi connectivity index (χ0) is 16.3. The van der Waals surface area contributed by atoms with E-state index in [1.54, 1.807) is 7.05 Å². The molecule has 1 amide bonds. The second-order valence-electron chi connectivity index (χ2n) is 5.70. The van der Waals surface area contributed by atoms with E-state index in [4.69, 9.17) is 4.74 Å². The minimum absolute atomic E-state index is 0.0626. The van der Waals surface area contributed by atoms with Gasteiger partial charge >= 0.3 is 0 Å². The van der Waals surface area contributed by atoms with Crippen LogP contribution >= 0.6 is 0 Å². The Morgan fingerprint density at radius 3 is 2.55 bits per heavy atom. The fourth-order valence-electron chi connectivity index (χ4n) is 2.36. The average molecular weight is 326 g/mol. The summed E-state index contributed by atoms with van der Waals surface area (Å²) in [5.74, 6) is -0.240. The molecular weight excluding hydrogens is 304 g/mol. The average Bonchev–Trinajstić information content (AvgIpc) is 2.46. The van der Waals surface area contributed by atoms with Crippen molar-refractivity contribution in [1.82, 2.24) is 9.21 Å². The normalized spacial score (nSPS) is 18.1. The molecule has 22 heavy (non-hydrogen) atoms. The molecule has 0 unspecified atom stereocenters. The van der Waals surface area contributed by atoms with E-state index in [-0.39, 0.29) is 18.6 Å². The zero-order valence-corrected chi connectivity index (χ0v) is 14.0. The zero-order valence-electron chi connectivity index (χ0n) is 13.2. The Morgan fingerprint density at radius 2 is 1.91 bits per heavy atom. The number of hydrogen-bond acceptors (Lipinski definition) is 4. The van der Waals surface area contributed by atoms with Crippen LogP contribution in [0, 0.1) is 0 Å². The third kappa shape index (κ3) is 4.28. The summed E-state index contributed by atoms with van der Waals surface area (Å²) in [6, 6.07) is 8.10. The van der Waals surface area contributed by atoms with Crippen LogP contribution in [-0.4, -0.2) is 63.1 Å². The highest BCUT2D eigenvalue weighted by Crippen LogP contribution is 2.20. The quantitative estimate of drug-likeness (QED) is 0.789. The molecule has 0 saturated heterocycles. The summed E-state index contributed by atoms with van der Waals surface area (Å²) in [5.41, 5.74) is 2.43. The van der Waals surface area contributed by atoms with Crippen LogP contribution < -0.4 is 0 Å². The molecule has 7 heteroatoms. The van der Waals surface area contributed by atoms with Gasteiger partial charge < -0.3 is 9.64 Å². The minimum atomic E-state index is -3.35. The maximum absolute atomic E-state index is 12.1. The van der Waals surface area contributed by atoms with Crippen molar-refractivity contribution in [2.75, 3.05) is 33.4 Å². The fraction of sp³-hybridized carbons (Fsp3) is 0.533. The number of ether oxygens (including phenoxy) is 1. The number of rotatable bonds is 5. The van der Waals surface area contributed by atoms with E-state index in [1.807, 2.05) is 18.2 Å². The molecule has 0 saturated carbocycles. The molecule has 122 valence electrons. The van der Waals surface area contributed by atoms with Crippen molar-refractivity contribution in [3.05, 3.63) is 35.4 Å². The van der Waals surface area contributed by atoms with Gasteiger partial charge in [0.25, 0.3) is 0 Å². The molecule has 0 radical (unpaired) electrons. The molecule has 1 heterocycles. The maximum Gasteiger partial charge on any atom is 0.237 e. The number of hydrogen-bond donors (Lipinski definition) is 0. The minimum Gasteiger partial charge on any atom is -0.371 e. The molecule has 6 nitrogen and oxygen atoms in total. The molecule has 1 aliphatic rings. The van der Waals surface area contributed by atoms with Gasteiger partial charge in [0.1, 0.15) is 0 Å². The Morgan fingerprint density at radius 1 is 1.27 bits per heavy atom. The number of likely N-dealkylation sites (N-methyl/N-ethyl adjacent to an activating group) is 2. The van der Waals surface area contributed by atoms with Gasteiger partial charge in [-0.15, -0.1) is 0 Å². The van der Waals surface area contributed by atoms with Gasteiger partial charge in [0.15, 0.2) is 0 Å². The van der Waals surface area contributed by atoms with Gasteiger partial charge in [-0.25, -0.2) is 8.42 Å². The summed E-state index contributed by atoms with van der Waals surface area (Å²) >= 11 is 0. The lowest BCUT2D eigenvalue weighted by Crippen LogP contribution is -2.43. The van der Waals surface area contributed by atoms with Crippen LogP contribution in [0.3, 0.4) is 0 Å². The lowest BCUT2D eigenvalue weighted by Gasteiger charge is -2.29. The van der Waals surface area contributed by atoms with E-state index < -0.39 is 10.0 Å². The van der Waals surface area contributed by atoms with E-state index in [2.05, 4.69) is 6.07 Å². The molecule has 0 aromatic heterocycles. The van der Waals surface area contributed by atoms with Crippen LogP contribution in [0.1, 0.15) is 11.1 Å².